The van der Waals surface area contributed by atoms with Crippen molar-refractivity contribution in [3.05, 3.63) is 42.0 Å². The Bertz CT molecular complexity index is 779. The van der Waals surface area contributed by atoms with E-state index in [9.17, 15) is 14.7 Å². The molecule has 6 heteroatoms. The number of carbonyl (C=O) groups is 2. The number of esters is 1. The van der Waals surface area contributed by atoms with Crippen molar-refractivity contribution in [2.45, 2.75) is 38.8 Å². The van der Waals surface area contributed by atoms with Crippen molar-refractivity contribution < 1.29 is 24.2 Å². The summed E-state index contributed by atoms with van der Waals surface area (Å²) in [6.07, 6.45) is -0.474. The van der Waals surface area contributed by atoms with Crippen LogP contribution in [0.25, 0.3) is 10.8 Å². The van der Waals surface area contributed by atoms with Crippen molar-refractivity contribution in [2.24, 2.45) is 0 Å². The normalized spacial score (nSPS) is 12.5. The minimum absolute atomic E-state index is 0.161. The Morgan fingerprint density at radius 1 is 1.12 bits per heavy atom. The van der Waals surface area contributed by atoms with Crippen LogP contribution < -0.4 is 5.32 Å². The van der Waals surface area contributed by atoms with Crippen LogP contribution in [0.5, 0.6) is 5.75 Å². The molecule has 6 nitrogen and oxygen atoms in total. The van der Waals surface area contributed by atoms with Gasteiger partial charge in [-0.05, 0) is 37.8 Å². The van der Waals surface area contributed by atoms with Gasteiger partial charge in [-0.3, -0.25) is 0 Å². The molecule has 2 rings (SSSR count). The van der Waals surface area contributed by atoms with Gasteiger partial charge in [-0.2, -0.15) is 0 Å². The number of amides is 1. The fourth-order valence-electron chi connectivity index (χ4n) is 2.53. The van der Waals surface area contributed by atoms with Gasteiger partial charge < -0.3 is 19.9 Å². The van der Waals surface area contributed by atoms with Gasteiger partial charge >= 0.3 is 12.1 Å². The second-order valence-corrected chi connectivity index (χ2v) is 6.72. The first-order valence-electron chi connectivity index (χ1n) is 7.98. The van der Waals surface area contributed by atoms with E-state index in [-0.39, 0.29) is 12.2 Å². The molecule has 0 fully saturated rings. The van der Waals surface area contributed by atoms with Gasteiger partial charge in [0, 0.05) is 11.8 Å². The van der Waals surface area contributed by atoms with Crippen molar-refractivity contribution in [2.75, 3.05) is 7.11 Å². The summed E-state index contributed by atoms with van der Waals surface area (Å²) in [4.78, 5) is 24.1. The largest absolute Gasteiger partial charge is 0.507 e. The van der Waals surface area contributed by atoms with E-state index in [1.807, 2.05) is 18.2 Å². The van der Waals surface area contributed by atoms with Crippen LogP contribution in [0.2, 0.25) is 0 Å². The lowest BCUT2D eigenvalue weighted by Gasteiger charge is -2.23. The van der Waals surface area contributed by atoms with Gasteiger partial charge in [-0.15, -0.1) is 0 Å². The third kappa shape index (κ3) is 4.86. The van der Waals surface area contributed by atoms with Crippen LogP contribution in [-0.2, 0) is 20.7 Å². The van der Waals surface area contributed by atoms with Gasteiger partial charge in [0.05, 0.1) is 7.11 Å². The number of rotatable bonds is 4. The Morgan fingerprint density at radius 3 is 2.36 bits per heavy atom. The predicted octanol–water partition coefficient (Wildman–Crippen LogP) is 3.15. The van der Waals surface area contributed by atoms with E-state index in [0.29, 0.717) is 5.39 Å². The monoisotopic (exact) mass is 345 g/mol. The van der Waals surface area contributed by atoms with Gasteiger partial charge in [-0.1, -0.05) is 30.3 Å². The smallest absolute Gasteiger partial charge is 0.408 e. The molecule has 1 atom stereocenters. The van der Waals surface area contributed by atoms with Crippen LogP contribution in [0.3, 0.4) is 0 Å². The fourth-order valence-corrected chi connectivity index (χ4v) is 2.53. The number of ether oxygens (including phenoxy) is 2. The Labute approximate surface area is 146 Å². The van der Waals surface area contributed by atoms with Crippen LogP contribution in [-0.4, -0.2) is 35.9 Å². The molecular weight excluding hydrogens is 322 g/mol. The lowest BCUT2D eigenvalue weighted by molar-refractivity contribution is -0.143. The summed E-state index contributed by atoms with van der Waals surface area (Å²) in [6, 6.07) is 9.72. The second kappa shape index (κ2) is 7.42. The van der Waals surface area contributed by atoms with Gasteiger partial charge in [0.2, 0.25) is 0 Å². The summed E-state index contributed by atoms with van der Waals surface area (Å²) in [5.41, 5.74) is 0.135. The molecule has 0 saturated carbocycles. The maximum absolute atomic E-state index is 12.1. The third-order valence-electron chi connectivity index (χ3n) is 3.59. The number of carbonyl (C=O) groups excluding carboxylic acids is 2. The minimum atomic E-state index is -0.896. The highest BCUT2D eigenvalue weighted by Crippen LogP contribution is 2.28. The van der Waals surface area contributed by atoms with Crippen LogP contribution in [0.4, 0.5) is 4.79 Å². The lowest BCUT2D eigenvalue weighted by Crippen LogP contribution is -2.45. The number of phenolic OH excluding ortho intramolecular Hbond substituents is 1. The molecule has 0 unspecified atom stereocenters. The first-order chi connectivity index (χ1) is 11.7. The number of alkyl carbamates (subject to hydrolysis) is 1. The van der Waals surface area contributed by atoms with Crippen LogP contribution in [0, 0.1) is 0 Å². The zero-order valence-electron chi connectivity index (χ0n) is 14.8. The van der Waals surface area contributed by atoms with Crippen molar-refractivity contribution in [1.29, 1.82) is 0 Å². The van der Waals surface area contributed by atoms with E-state index in [1.54, 1.807) is 39.0 Å². The van der Waals surface area contributed by atoms with E-state index in [1.165, 1.54) is 7.11 Å². The number of hydrogen-bond acceptors (Lipinski definition) is 5. The van der Waals surface area contributed by atoms with E-state index >= 15 is 0 Å². The van der Waals surface area contributed by atoms with Crippen LogP contribution in [0.15, 0.2) is 36.4 Å². The third-order valence-corrected chi connectivity index (χ3v) is 3.59. The van der Waals surface area contributed by atoms with E-state index < -0.39 is 23.7 Å². The average Bonchev–Trinajstić information content (AvgIpc) is 2.54. The number of nitrogens with one attached hydrogen (secondary N) is 1. The quantitative estimate of drug-likeness (QED) is 0.832. The van der Waals surface area contributed by atoms with Crippen molar-refractivity contribution in [1.82, 2.24) is 5.32 Å². The Kier molecular flexibility index (Phi) is 5.51. The molecule has 0 aliphatic rings. The summed E-state index contributed by atoms with van der Waals surface area (Å²) < 4.78 is 10.0. The van der Waals surface area contributed by atoms with Crippen LogP contribution >= 0.6 is 0 Å². The Morgan fingerprint density at radius 2 is 1.76 bits per heavy atom. The molecule has 0 spiro atoms. The molecule has 2 aromatic carbocycles. The zero-order valence-corrected chi connectivity index (χ0v) is 14.8. The zero-order chi connectivity index (χ0) is 18.6. The molecule has 2 N–H and O–H groups in total. The molecule has 0 aliphatic heterocycles. The van der Waals surface area contributed by atoms with Crippen molar-refractivity contribution >= 4 is 22.8 Å². The summed E-state index contributed by atoms with van der Waals surface area (Å²) >= 11 is 0. The minimum Gasteiger partial charge on any atom is -0.507 e. The van der Waals surface area contributed by atoms with Gasteiger partial charge in [0.15, 0.2) is 0 Å². The van der Waals surface area contributed by atoms with Gasteiger partial charge in [0.1, 0.15) is 17.4 Å². The van der Waals surface area contributed by atoms with Crippen molar-refractivity contribution in [3.8, 4) is 5.75 Å². The molecule has 134 valence electrons. The highest BCUT2D eigenvalue weighted by atomic mass is 16.6. The molecule has 1 amide bonds. The van der Waals surface area contributed by atoms with E-state index in [2.05, 4.69) is 5.32 Å². The average molecular weight is 345 g/mol. The maximum Gasteiger partial charge on any atom is 0.408 e. The number of benzene rings is 2. The summed E-state index contributed by atoms with van der Waals surface area (Å²) in [5.74, 6) is -0.405. The molecule has 0 bridgehead atoms. The van der Waals surface area contributed by atoms with Gasteiger partial charge in [-0.25, -0.2) is 9.59 Å². The summed E-state index contributed by atoms with van der Waals surface area (Å²) in [7, 11) is 1.26. The number of fused-ring (bicyclic) bond motifs is 1. The standard InChI is InChI=1S/C19H23NO5/c1-19(2,3)25-18(23)20-15(17(22)24-4)11-12-9-10-16(21)14-8-6-5-7-13(12)14/h5-10,15,21H,11H2,1-4H3,(H,20,23)/t15-/m1/s1. The SMILES string of the molecule is COC(=O)[C@@H](Cc1ccc(O)c2ccccc12)NC(=O)OC(C)(C)C. The topological polar surface area (TPSA) is 84.9 Å². The van der Waals surface area contributed by atoms with E-state index in [4.69, 9.17) is 9.47 Å². The summed E-state index contributed by atoms with van der Waals surface area (Å²) in [6.45, 7) is 5.23. The number of methoxy groups -OCH3 is 1. The molecule has 0 saturated heterocycles. The molecule has 0 aromatic heterocycles. The number of aromatic hydroxyl groups is 1. The Hall–Kier alpha value is -2.76. The first-order valence-corrected chi connectivity index (χ1v) is 7.98. The van der Waals surface area contributed by atoms with Gasteiger partial charge in [0.25, 0.3) is 0 Å². The maximum atomic E-state index is 12.1. The predicted molar refractivity (Wildman–Crippen MR) is 94.5 cm³/mol. The number of phenols is 1. The highest BCUT2D eigenvalue weighted by Gasteiger charge is 2.26. The summed E-state index contributed by atoms with van der Waals surface area (Å²) in [5, 5.41) is 14.0. The second-order valence-electron chi connectivity index (χ2n) is 6.72. The number of hydrogen-bond donors (Lipinski definition) is 2. The van der Waals surface area contributed by atoms with E-state index in [0.717, 1.165) is 10.9 Å². The lowest BCUT2D eigenvalue weighted by atomic mass is 9.98. The molecule has 25 heavy (non-hydrogen) atoms. The van der Waals surface area contributed by atoms with Crippen LogP contribution in [0.1, 0.15) is 26.3 Å². The Balaban J connectivity index is 2.28. The molecular formula is C19H23NO5. The van der Waals surface area contributed by atoms with Crippen molar-refractivity contribution in [3.63, 3.8) is 0 Å². The first kappa shape index (κ1) is 18.6. The molecule has 0 heterocycles. The molecule has 0 radical (unpaired) electrons. The highest BCUT2D eigenvalue weighted by molar-refractivity contribution is 5.91. The molecule has 2 aromatic rings. The fraction of sp³-hybridized carbons (Fsp3) is 0.368. The molecule has 0 aliphatic carbocycles.